The number of hydrogen-bond donors (Lipinski definition) is 2. The minimum absolute atomic E-state index is 0.270. The fourth-order valence-electron chi connectivity index (χ4n) is 3.26. The van der Waals surface area contributed by atoms with E-state index in [1.54, 1.807) is 49.5 Å². The molecule has 0 aliphatic carbocycles. The average Bonchev–Trinajstić information content (AvgIpc) is 2.82. The van der Waals surface area contributed by atoms with Crippen molar-refractivity contribution in [1.29, 1.82) is 0 Å². The number of amides is 3. The Morgan fingerprint density at radius 2 is 1.80 bits per heavy atom. The van der Waals surface area contributed by atoms with E-state index in [1.165, 1.54) is 11.0 Å². The predicted octanol–water partition coefficient (Wildman–Crippen LogP) is 2.22. The molecule has 0 bridgehead atoms. The zero-order chi connectivity index (χ0) is 21.7. The van der Waals surface area contributed by atoms with E-state index in [0.717, 1.165) is 13.0 Å². The van der Waals surface area contributed by atoms with E-state index in [-0.39, 0.29) is 5.56 Å². The highest BCUT2D eigenvalue weighted by atomic mass is 19.1. The number of aliphatic imine (C=N–C) groups is 1. The van der Waals surface area contributed by atoms with E-state index < -0.39 is 23.9 Å². The van der Waals surface area contributed by atoms with Crippen LogP contribution in [0.25, 0.3) is 0 Å². The lowest BCUT2D eigenvalue weighted by Gasteiger charge is -2.21. The summed E-state index contributed by atoms with van der Waals surface area (Å²) in [6.07, 6.45) is -0.403. The number of rotatable bonds is 6. The quantitative estimate of drug-likeness (QED) is 0.716. The van der Waals surface area contributed by atoms with Crippen LogP contribution in [-0.2, 0) is 4.79 Å². The molecule has 1 unspecified atom stereocenters. The van der Waals surface area contributed by atoms with Gasteiger partial charge in [-0.05, 0) is 45.3 Å². The summed E-state index contributed by atoms with van der Waals surface area (Å²) in [7, 11) is 5.53. The Kier molecular flexibility index (Phi) is 6.79. The molecule has 1 heterocycles. The normalized spacial score (nSPS) is 16.0. The molecule has 0 fully saturated rings. The van der Waals surface area contributed by atoms with Crippen molar-refractivity contribution in [3.05, 3.63) is 65.5 Å². The summed E-state index contributed by atoms with van der Waals surface area (Å²) in [6, 6.07) is 12.9. The van der Waals surface area contributed by atoms with Gasteiger partial charge in [-0.15, -0.1) is 0 Å². The van der Waals surface area contributed by atoms with Gasteiger partial charge in [-0.3, -0.25) is 4.79 Å². The number of hydrogen-bond acceptors (Lipinski definition) is 4. The molecule has 2 aromatic carbocycles. The highest BCUT2D eigenvalue weighted by Crippen LogP contribution is 2.27. The van der Waals surface area contributed by atoms with Gasteiger partial charge in [-0.25, -0.2) is 14.2 Å². The van der Waals surface area contributed by atoms with E-state index in [1.807, 2.05) is 19.0 Å². The maximum Gasteiger partial charge on any atom is 0.316 e. The molecular weight excluding hydrogens is 385 g/mol. The second-order valence-electron chi connectivity index (χ2n) is 7.33. The molecule has 1 aliphatic heterocycles. The molecule has 1 aliphatic rings. The molecule has 2 N–H and O–H groups in total. The van der Waals surface area contributed by atoms with Crippen molar-refractivity contribution < 1.29 is 14.0 Å². The summed E-state index contributed by atoms with van der Waals surface area (Å²) in [5.41, 5.74) is 1.81. The Balaban J connectivity index is 1.90. The largest absolute Gasteiger partial charge is 0.338 e. The maximum atomic E-state index is 14.6. The van der Waals surface area contributed by atoms with Crippen LogP contribution in [0.15, 0.2) is 53.5 Å². The molecular formula is C22H26FN5O2. The number of nitrogens with zero attached hydrogens (tertiary/aromatic N) is 3. The van der Waals surface area contributed by atoms with E-state index in [9.17, 15) is 14.0 Å². The van der Waals surface area contributed by atoms with Crippen LogP contribution in [0.1, 0.15) is 17.5 Å². The monoisotopic (exact) mass is 411 g/mol. The molecule has 0 radical (unpaired) electrons. The third-order valence-electron chi connectivity index (χ3n) is 4.81. The molecule has 8 heteroatoms. The van der Waals surface area contributed by atoms with Crippen molar-refractivity contribution in [2.24, 2.45) is 4.99 Å². The number of fused-ring (bicyclic) bond motifs is 1. The second-order valence-corrected chi connectivity index (χ2v) is 7.33. The van der Waals surface area contributed by atoms with Gasteiger partial charge < -0.3 is 20.4 Å². The maximum absolute atomic E-state index is 14.6. The lowest BCUT2D eigenvalue weighted by molar-refractivity contribution is -0.119. The van der Waals surface area contributed by atoms with Gasteiger partial charge in [-0.1, -0.05) is 30.3 Å². The van der Waals surface area contributed by atoms with Crippen molar-refractivity contribution in [2.75, 3.05) is 39.1 Å². The van der Waals surface area contributed by atoms with Crippen molar-refractivity contribution >= 4 is 23.3 Å². The van der Waals surface area contributed by atoms with Gasteiger partial charge in [0.05, 0.1) is 11.4 Å². The minimum Gasteiger partial charge on any atom is -0.338 e. The summed E-state index contributed by atoms with van der Waals surface area (Å²) < 4.78 is 14.6. The fourth-order valence-corrected chi connectivity index (χ4v) is 3.26. The Bertz CT molecular complexity index is 960. The molecule has 30 heavy (non-hydrogen) atoms. The van der Waals surface area contributed by atoms with Gasteiger partial charge in [0.1, 0.15) is 5.82 Å². The number of likely N-dealkylation sites (N-methyl/N-ethyl adjacent to an activating group) is 1. The molecule has 0 spiro atoms. The lowest BCUT2D eigenvalue weighted by atomic mass is 10.00. The van der Waals surface area contributed by atoms with Crippen molar-refractivity contribution in [3.8, 4) is 0 Å². The first-order valence-corrected chi connectivity index (χ1v) is 9.77. The Morgan fingerprint density at radius 3 is 2.50 bits per heavy atom. The van der Waals surface area contributed by atoms with Gasteiger partial charge in [0.15, 0.2) is 0 Å². The van der Waals surface area contributed by atoms with Crippen molar-refractivity contribution in [2.45, 2.75) is 12.6 Å². The highest BCUT2D eigenvalue weighted by Gasteiger charge is 2.31. The van der Waals surface area contributed by atoms with Crippen LogP contribution in [0.5, 0.6) is 0 Å². The fraction of sp³-hybridized carbons (Fsp3) is 0.318. The van der Waals surface area contributed by atoms with Crippen LogP contribution in [0.4, 0.5) is 14.9 Å². The summed E-state index contributed by atoms with van der Waals surface area (Å²) in [5.74, 6) is -0.854. The number of benzodiazepines with no additional fused rings is 1. The first-order chi connectivity index (χ1) is 14.4. The average molecular weight is 411 g/mol. The zero-order valence-electron chi connectivity index (χ0n) is 17.4. The van der Waals surface area contributed by atoms with E-state index in [2.05, 4.69) is 15.6 Å². The number of para-hydroxylation sites is 1. The Labute approximate surface area is 175 Å². The molecule has 1 atom stereocenters. The Morgan fingerprint density at radius 1 is 1.13 bits per heavy atom. The molecule has 158 valence electrons. The van der Waals surface area contributed by atoms with E-state index in [0.29, 0.717) is 23.5 Å². The number of benzene rings is 2. The first kappa shape index (κ1) is 21.4. The molecule has 0 aromatic heterocycles. The summed E-state index contributed by atoms with van der Waals surface area (Å²) in [5, 5.41) is 5.35. The second kappa shape index (κ2) is 9.49. The lowest BCUT2D eigenvalue weighted by Crippen LogP contribution is -2.49. The molecule has 0 saturated heterocycles. The SMILES string of the molecule is CN(C)CCCNC(=O)NC1N=C(c2ccccc2F)c2ccccc2N(C)C1=O. The number of carbonyl (C=O) groups excluding carboxylic acids is 2. The topological polar surface area (TPSA) is 77.0 Å². The molecule has 0 saturated carbocycles. The van der Waals surface area contributed by atoms with Gasteiger partial charge in [0.25, 0.3) is 5.91 Å². The number of halogens is 1. The summed E-state index contributed by atoms with van der Waals surface area (Å²) >= 11 is 0. The van der Waals surface area contributed by atoms with E-state index >= 15 is 0 Å². The van der Waals surface area contributed by atoms with E-state index in [4.69, 9.17) is 0 Å². The van der Waals surface area contributed by atoms with Gasteiger partial charge in [0.2, 0.25) is 6.17 Å². The number of urea groups is 1. The highest BCUT2D eigenvalue weighted by molar-refractivity contribution is 6.20. The van der Waals surface area contributed by atoms with Crippen LogP contribution >= 0.6 is 0 Å². The van der Waals surface area contributed by atoms with Crippen LogP contribution in [-0.4, -0.2) is 62.9 Å². The van der Waals surface area contributed by atoms with Gasteiger partial charge in [-0.2, -0.15) is 0 Å². The van der Waals surface area contributed by atoms with Crippen molar-refractivity contribution in [3.63, 3.8) is 0 Å². The minimum atomic E-state index is -1.18. The summed E-state index contributed by atoms with van der Waals surface area (Å²) in [6.45, 7) is 1.29. The number of anilines is 1. The van der Waals surface area contributed by atoms with Gasteiger partial charge >= 0.3 is 6.03 Å². The molecule has 2 aromatic rings. The number of carbonyl (C=O) groups is 2. The molecule has 3 amide bonds. The Hall–Kier alpha value is -3.26. The van der Waals surface area contributed by atoms with Crippen molar-refractivity contribution in [1.82, 2.24) is 15.5 Å². The van der Waals surface area contributed by atoms with Crippen LogP contribution < -0.4 is 15.5 Å². The standard InChI is InChI=1S/C22H26FN5O2/c1-27(2)14-8-13-24-22(30)26-20-21(29)28(3)18-12-7-5-10-16(18)19(25-20)15-9-4-6-11-17(15)23/h4-7,9-12,20H,8,13-14H2,1-3H3,(H2,24,26,30). The van der Waals surface area contributed by atoms with Gasteiger partial charge in [0, 0.05) is 24.7 Å². The number of nitrogens with one attached hydrogen (secondary N) is 2. The third kappa shape index (κ3) is 4.83. The predicted molar refractivity (Wildman–Crippen MR) is 115 cm³/mol. The van der Waals surface area contributed by atoms with Crippen LogP contribution in [0.2, 0.25) is 0 Å². The zero-order valence-corrected chi connectivity index (χ0v) is 17.4. The third-order valence-corrected chi connectivity index (χ3v) is 4.81. The molecule has 7 nitrogen and oxygen atoms in total. The smallest absolute Gasteiger partial charge is 0.316 e. The molecule has 3 rings (SSSR count). The first-order valence-electron chi connectivity index (χ1n) is 9.77. The summed E-state index contributed by atoms with van der Waals surface area (Å²) in [4.78, 5) is 33.3. The van der Waals surface area contributed by atoms with Crippen LogP contribution in [0, 0.1) is 5.82 Å². The van der Waals surface area contributed by atoms with Crippen LogP contribution in [0.3, 0.4) is 0 Å².